The zero-order valence-corrected chi connectivity index (χ0v) is 9.80. The third-order valence-electron chi connectivity index (χ3n) is 2.11. The Kier molecular flexibility index (Phi) is 4.79. The van der Waals surface area contributed by atoms with E-state index in [4.69, 9.17) is 0 Å². The summed E-state index contributed by atoms with van der Waals surface area (Å²) in [4.78, 5) is 32.2. The van der Waals surface area contributed by atoms with Crippen molar-refractivity contribution in [2.75, 3.05) is 11.9 Å². The minimum atomic E-state index is -0.578. The summed E-state index contributed by atoms with van der Waals surface area (Å²) >= 11 is 0. The molecule has 0 fully saturated rings. The molecular weight excluding hydrogens is 238 g/mol. The Bertz CT molecular complexity index is 473. The van der Waals surface area contributed by atoms with Crippen molar-refractivity contribution < 1.29 is 14.5 Å². The first-order valence-electron chi connectivity index (χ1n) is 5.28. The lowest BCUT2D eigenvalue weighted by molar-refractivity contribution is -0.383. The van der Waals surface area contributed by atoms with E-state index in [1.807, 2.05) is 0 Å². The maximum atomic E-state index is 11.4. The fourth-order valence-corrected chi connectivity index (χ4v) is 1.26. The fourth-order valence-electron chi connectivity index (χ4n) is 1.26. The van der Waals surface area contributed by atoms with Crippen LogP contribution >= 0.6 is 0 Å². The Balaban J connectivity index is 2.59. The molecule has 0 aliphatic rings. The smallest absolute Gasteiger partial charge is 0.319 e. The van der Waals surface area contributed by atoms with Crippen LogP contribution in [0.15, 0.2) is 24.3 Å². The average molecular weight is 251 g/mol. The molecule has 1 rings (SSSR count). The molecule has 0 bridgehead atoms. The Morgan fingerprint density at radius 3 is 2.61 bits per heavy atom. The third-order valence-corrected chi connectivity index (χ3v) is 2.11. The normalized spacial score (nSPS) is 9.61. The number of amides is 2. The second-order valence-electron chi connectivity index (χ2n) is 3.61. The van der Waals surface area contributed by atoms with Gasteiger partial charge in [-0.25, -0.2) is 4.79 Å². The van der Waals surface area contributed by atoms with Gasteiger partial charge in [0.1, 0.15) is 11.5 Å². The van der Waals surface area contributed by atoms with Gasteiger partial charge in [0, 0.05) is 19.0 Å². The van der Waals surface area contributed by atoms with Crippen molar-refractivity contribution in [1.29, 1.82) is 0 Å². The van der Waals surface area contributed by atoms with Gasteiger partial charge in [0.15, 0.2) is 0 Å². The van der Waals surface area contributed by atoms with Gasteiger partial charge >= 0.3 is 6.03 Å². The molecule has 2 amide bonds. The zero-order chi connectivity index (χ0) is 13.5. The molecule has 0 atom stereocenters. The predicted molar refractivity (Wildman–Crippen MR) is 65.4 cm³/mol. The van der Waals surface area contributed by atoms with E-state index < -0.39 is 11.0 Å². The van der Waals surface area contributed by atoms with E-state index in [9.17, 15) is 19.7 Å². The van der Waals surface area contributed by atoms with Crippen LogP contribution in [0.2, 0.25) is 0 Å². The highest BCUT2D eigenvalue weighted by Crippen LogP contribution is 2.22. The van der Waals surface area contributed by atoms with Gasteiger partial charge in [-0.2, -0.15) is 0 Å². The van der Waals surface area contributed by atoms with E-state index in [0.717, 1.165) is 0 Å². The van der Waals surface area contributed by atoms with Gasteiger partial charge in [-0.1, -0.05) is 12.1 Å². The third kappa shape index (κ3) is 4.20. The standard InChI is InChI=1S/C11H13N3O4/c1-8(15)6-7-12-11(16)13-9-4-2-3-5-10(9)14(17)18/h2-5H,6-7H2,1H3,(H2,12,13,16). The number of rotatable bonds is 5. The van der Waals surface area contributed by atoms with E-state index in [1.165, 1.54) is 25.1 Å². The summed E-state index contributed by atoms with van der Waals surface area (Å²) in [5, 5.41) is 15.5. The number of Topliss-reactive ketones (excluding diaryl/α,β-unsaturated/α-hetero) is 1. The number of nitrogens with zero attached hydrogens (tertiary/aromatic N) is 1. The van der Waals surface area contributed by atoms with Gasteiger partial charge in [-0.3, -0.25) is 14.9 Å². The fraction of sp³-hybridized carbons (Fsp3) is 0.273. The van der Waals surface area contributed by atoms with Crippen molar-refractivity contribution in [3.8, 4) is 0 Å². The minimum absolute atomic E-state index is 0.0407. The molecule has 0 unspecified atom stereocenters. The summed E-state index contributed by atoms with van der Waals surface area (Å²) in [6, 6.07) is 5.24. The summed E-state index contributed by atoms with van der Waals surface area (Å²) in [7, 11) is 0. The number of hydrogen-bond donors (Lipinski definition) is 2. The number of anilines is 1. The molecule has 1 aromatic carbocycles. The van der Waals surface area contributed by atoms with Gasteiger partial charge in [-0.05, 0) is 13.0 Å². The molecule has 7 heteroatoms. The van der Waals surface area contributed by atoms with Crippen molar-refractivity contribution >= 4 is 23.2 Å². The van der Waals surface area contributed by atoms with Crippen molar-refractivity contribution in [3.05, 3.63) is 34.4 Å². The first-order chi connectivity index (χ1) is 8.50. The van der Waals surface area contributed by atoms with Crippen molar-refractivity contribution in [2.45, 2.75) is 13.3 Å². The van der Waals surface area contributed by atoms with E-state index in [1.54, 1.807) is 6.07 Å². The number of para-hydroxylation sites is 2. The summed E-state index contributed by atoms with van der Waals surface area (Å²) in [6.07, 6.45) is 0.226. The second kappa shape index (κ2) is 6.33. The molecule has 1 aromatic rings. The summed E-state index contributed by atoms with van der Waals surface area (Å²) in [6.45, 7) is 1.61. The molecule has 7 nitrogen and oxygen atoms in total. The molecular formula is C11H13N3O4. The molecule has 18 heavy (non-hydrogen) atoms. The Hall–Kier alpha value is -2.44. The highest BCUT2D eigenvalue weighted by molar-refractivity contribution is 5.92. The molecule has 2 N–H and O–H groups in total. The van der Waals surface area contributed by atoms with E-state index in [-0.39, 0.29) is 30.1 Å². The number of hydrogen-bond acceptors (Lipinski definition) is 4. The Labute approximate surface area is 103 Å². The SMILES string of the molecule is CC(=O)CCNC(=O)Nc1ccccc1[N+](=O)[O-]. The van der Waals surface area contributed by atoms with Crippen molar-refractivity contribution in [3.63, 3.8) is 0 Å². The lowest BCUT2D eigenvalue weighted by Gasteiger charge is -2.06. The van der Waals surface area contributed by atoms with Crippen molar-refractivity contribution in [1.82, 2.24) is 5.32 Å². The quantitative estimate of drug-likeness (QED) is 0.614. The van der Waals surface area contributed by atoms with Crippen LogP contribution in [0.5, 0.6) is 0 Å². The Morgan fingerprint density at radius 1 is 1.33 bits per heavy atom. The van der Waals surface area contributed by atoms with E-state index in [2.05, 4.69) is 10.6 Å². The molecule has 0 aliphatic heterocycles. The molecule has 0 aliphatic carbocycles. The number of nitro groups is 1. The number of benzene rings is 1. The monoisotopic (exact) mass is 251 g/mol. The number of nitrogens with one attached hydrogen (secondary N) is 2. The maximum Gasteiger partial charge on any atom is 0.319 e. The van der Waals surface area contributed by atoms with Crippen LogP contribution in [-0.4, -0.2) is 23.3 Å². The second-order valence-corrected chi connectivity index (χ2v) is 3.61. The number of urea groups is 1. The first-order valence-corrected chi connectivity index (χ1v) is 5.28. The van der Waals surface area contributed by atoms with Crippen LogP contribution in [0.25, 0.3) is 0 Å². The Morgan fingerprint density at radius 2 is 2.00 bits per heavy atom. The predicted octanol–water partition coefficient (Wildman–Crippen LogP) is 1.70. The van der Waals surface area contributed by atoms with Crippen LogP contribution in [-0.2, 0) is 4.79 Å². The number of ketones is 1. The van der Waals surface area contributed by atoms with Gasteiger partial charge in [0.2, 0.25) is 0 Å². The van der Waals surface area contributed by atoms with Gasteiger partial charge in [-0.15, -0.1) is 0 Å². The van der Waals surface area contributed by atoms with Gasteiger partial charge < -0.3 is 10.6 Å². The molecule has 0 spiro atoms. The molecule has 0 aromatic heterocycles. The molecule has 0 saturated carbocycles. The summed E-state index contributed by atoms with van der Waals surface area (Å²) in [5.41, 5.74) is -0.0676. The summed E-state index contributed by atoms with van der Waals surface area (Å²) in [5.74, 6) is -0.0407. The highest BCUT2D eigenvalue weighted by atomic mass is 16.6. The zero-order valence-electron chi connectivity index (χ0n) is 9.80. The molecule has 0 radical (unpaired) electrons. The van der Waals surface area contributed by atoms with E-state index in [0.29, 0.717) is 0 Å². The van der Waals surface area contributed by atoms with Crippen LogP contribution in [0, 0.1) is 10.1 Å². The number of carbonyl (C=O) groups excluding carboxylic acids is 2. The minimum Gasteiger partial charge on any atom is -0.337 e. The van der Waals surface area contributed by atoms with Crippen LogP contribution < -0.4 is 10.6 Å². The van der Waals surface area contributed by atoms with Crippen LogP contribution in [0.1, 0.15) is 13.3 Å². The topological polar surface area (TPSA) is 101 Å². The average Bonchev–Trinajstić information content (AvgIpc) is 2.28. The van der Waals surface area contributed by atoms with Gasteiger partial charge in [0.05, 0.1) is 4.92 Å². The summed E-state index contributed by atoms with van der Waals surface area (Å²) < 4.78 is 0. The maximum absolute atomic E-state index is 11.4. The molecule has 96 valence electrons. The molecule has 0 heterocycles. The molecule has 0 saturated heterocycles. The van der Waals surface area contributed by atoms with Crippen molar-refractivity contribution in [2.24, 2.45) is 0 Å². The lowest BCUT2D eigenvalue weighted by Crippen LogP contribution is -2.30. The highest BCUT2D eigenvalue weighted by Gasteiger charge is 2.14. The van der Waals surface area contributed by atoms with Crippen LogP contribution in [0.4, 0.5) is 16.2 Å². The van der Waals surface area contributed by atoms with Gasteiger partial charge in [0.25, 0.3) is 5.69 Å². The van der Waals surface area contributed by atoms with Crippen LogP contribution in [0.3, 0.4) is 0 Å². The number of carbonyl (C=O) groups is 2. The number of nitro benzene ring substituents is 1. The van der Waals surface area contributed by atoms with E-state index >= 15 is 0 Å². The largest absolute Gasteiger partial charge is 0.337 e. The lowest BCUT2D eigenvalue weighted by atomic mass is 10.3. The first kappa shape index (κ1) is 13.6.